The van der Waals surface area contributed by atoms with Crippen LogP contribution in [0.25, 0.3) is 6.08 Å². The Kier molecular flexibility index (Phi) is 7.92. The van der Waals surface area contributed by atoms with Crippen LogP contribution < -0.4 is 18.9 Å². The minimum Gasteiger partial charge on any atom is -0.507 e. The number of carbonyl (C=O) groups is 1. The van der Waals surface area contributed by atoms with E-state index < -0.39 is 0 Å². The third-order valence-corrected chi connectivity index (χ3v) is 4.56. The average molecular weight is 412 g/mol. The molecule has 6 heteroatoms. The van der Waals surface area contributed by atoms with Crippen molar-refractivity contribution in [3.63, 3.8) is 0 Å². The van der Waals surface area contributed by atoms with Crippen LogP contribution in [0.4, 0.5) is 0 Å². The van der Waals surface area contributed by atoms with Gasteiger partial charge in [0, 0.05) is 11.6 Å². The van der Waals surface area contributed by atoms with Crippen molar-refractivity contribution in [2.45, 2.75) is 20.3 Å². The molecule has 160 valence electrons. The van der Waals surface area contributed by atoms with Crippen LogP contribution in [0.5, 0.6) is 28.7 Å². The Labute approximate surface area is 177 Å². The summed E-state index contributed by atoms with van der Waals surface area (Å²) >= 11 is 0. The quantitative estimate of drug-likeness (QED) is 0.361. The molecule has 2 aromatic rings. The molecule has 1 N–H and O–H groups in total. The van der Waals surface area contributed by atoms with Gasteiger partial charge in [-0.05, 0) is 44.0 Å². The number of carbonyl (C=O) groups excluding carboxylic acids is 1. The van der Waals surface area contributed by atoms with E-state index in [-0.39, 0.29) is 22.8 Å². The molecule has 30 heavy (non-hydrogen) atoms. The minimum absolute atomic E-state index is 0.0900. The number of hydrogen-bond acceptors (Lipinski definition) is 6. The van der Waals surface area contributed by atoms with Crippen LogP contribution in [0, 0.1) is 0 Å². The smallest absolute Gasteiger partial charge is 0.193 e. The number of rotatable bonds is 9. The minimum atomic E-state index is -0.389. The first-order chi connectivity index (χ1) is 14.4. The molecule has 0 bridgehead atoms. The highest BCUT2D eigenvalue weighted by Crippen LogP contribution is 2.39. The molecule has 0 heterocycles. The van der Waals surface area contributed by atoms with E-state index in [9.17, 15) is 9.90 Å². The molecule has 2 aromatic carbocycles. The molecule has 2 rings (SSSR count). The first kappa shape index (κ1) is 22.9. The van der Waals surface area contributed by atoms with Crippen LogP contribution in [0.15, 0.2) is 42.0 Å². The molecule has 0 aliphatic rings. The van der Waals surface area contributed by atoms with Crippen LogP contribution in [-0.4, -0.2) is 39.3 Å². The predicted molar refractivity (Wildman–Crippen MR) is 117 cm³/mol. The summed E-state index contributed by atoms with van der Waals surface area (Å²) in [5, 5.41) is 10.9. The number of ketones is 1. The van der Waals surface area contributed by atoms with Gasteiger partial charge in [-0.25, -0.2) is 0 Å². The van der Waals surface area contributed by atoms with Crippen molar-refractivity contribution in [2.75, 3.05) is 28.4 Å². The number of benzene rings is 2. The van der Waals surface area contributed by atoms with E-state index in [1.165, 1.54) is 20.3 Å². The van der Waals surface area contributed by atoms with Crippen molar-refractivity contribution in [2.24, 2.45) is 0 Å². The summed E-state index contributed by atoms with van der Waals surface area (Å²) in [6.07, 6.45) is 5.41. The lowest BCUT2D eigenvalue weighted by atomic mass is 9.99. The van der Waals surface area contributed by atoms with E-state index in [1.807, 2.05) is 19.9 Å². The van der Waals surface area contributed by atoms with Crippen molar-refractivity contribution in [3.8, 4) is 28.7 Å². The van der Waals surface area contributed by atoms with Crippen LogP contribution in [0.2, 0.25) is 0 Å². The SMILES string of the molecule is COc1ccc(/C=C/C(=O)c2c(OC)cc(OC)c(CC=C(C)C)c2O)cc1OC. The van der Waals surface area contributed by atoms with Crippen LogP contribution >= 0.6 is 0 Å². The third-order valence-electron chi connectivity index (χ3n) is 4.56. The summed E-state index contributed by atoms with van der Waals surface area (Å²) in [7, 11) is 6.06. The monoisotopic (exact) mass is 412 g/mol. The Morgan fingerprint density at radius 3 is 2.10 bits per heavy atom. The molecular weight excluding hydrogens is 384 g/mol. The predicted octanol–water partition coefficient (Wildman–Crippen LogP) is 4.83. The number of aromatic hydroxyl groups is 1. The van der Waals surface area contributed by atoms with Gasteiger partial charge in [0.2, 0.25) is 0 Å². The standard InChI is InChI=1S/C24H28O6/c1-15(2)7-10-17-20(28-4)14-22(30-6)23(24(17)26)18(25)11-8-16-9-12-19(27-3)21(13-16)29-5/h7-9,11-14,26H,10H2,1-6H3/b11-8+. The van der Waals surface area contributed by atoms with Gasteiger partial charge < -0.3 is 24.1 Å². The normalized spacial score (nSPS) is 10.6. The van der Waals surface area contributed by atoms with Crippen molar-refractivity contribution in [1.82, 2.24) is 0 Å². The second-order valence-corrected chi connectivity index (χ2v) is 6.78. The van der Waals surface area contributed by atoms with E-state index in [4.69, 9.17) is 18.9 Å². The molecule has 0 radical (unpaired) electrons. The first-order valence-electron chi connectivity index (χ1n) is 9.40. The summed E-state index contributed by atoms with van der Waals surface area (Å²) in [6, 6.07) is 6.93. The van der Waals surface area contributed by atoms with Crippen molar-refractivity contribution in [3.05, 3.63) is 58.7 Å². The second kappa shape index (κ2) is 10.4. The summed E-state index contributed by atoms with van der Waals surface area (Å²) in [5.74, 6) is 1.32. The Morgan fingerprint density at radius 2 is 1.53 bits per heavy atom. The molecule has 0 atom stereocenters. The fourth-order valence-electron chi connectivity index (χ4n) is 2.96. The van der Waals surface area contributed by atoms with Crippen molar-refractivity contribution < 1.29 is 28.8 Å². The number of ether oxygens (including phenoxy) is 4. The van der Waals surface area contributed by atoms with Gasteiger partial charge in [0.1, 0.15) is 22.8 Å². The lowest BCUT2D eigenvalue weighted by molar-refractivity contribution is 0.104. The molecule has 0 aliphatic heterocycles. The van der Waals surface area contributed by atoms with E-state index >= 15 is 0 Å². The van der Waals surface area contributed by atoms with Crippen molar-refractivity contribution >= 4 is 11.9 Å². The maximum absolute atomic E-state index is 12.9. The van der Waals surface area contributed by atoms with E-state index in [0.29, 0.717) is 29.2 Å². The zero-order valence-electron chi connectivity index (χ0n) is 18.2. The Hall–Kier alpha value is -3.41. The second-order valence-electron chi connectivity index (χ2n) is 6.78. The first-order valence-corrected chi connectivity index (χ1v) is 9.40. The maximum Gasteiger partial charge on any atom is 0.193 e. The molecule has 0 saturated heterocycles. The fraction of sp³-hybridized carbons (Fsp3) is 0.292. The van der Waals surface area contributed by atoms with Gasteiger partial charge in [-0.1, -0.05) is 23.8 Å². The van der Waals surface area contributed by atoms with Crippen LogP contribution in [0.3, 0.4) is 0 Å². The topological polar surface area (TPSA) is 74.2 Å². The molecule has 0 spiro atoms. The Bertz CT molecular complexity index is 968. The average Bonchev–Trinajstić information content (AvgIpc) is 2.75. The molecule has 0 fully saturated rings. The molecule has 0 aliphatic carbocycles. The van der Waals surface area contributed by atoms with Gasteiger partial charge in [0.15, 0.2) is 17.3 Å². The highest BCUT2D eigenvalue weighted by atomic mass is 16.5. The molecule has 0 saturated carbocycles. The van der Waals surface area contributed by atoms with Crippen molar-refractivity contribution in [1.29, 1.82) is 0 Å². The molecular formula is C24H28O6. The number of phenolic OH excluding ortho intramolecular Hbond substituents is 1. The van der Waals surface area contributed by atoms with Gasteiger partial charge in [0.25, 0.3) is 0 Å². The summed E-state index contributed by atoms with van der Waals surface area (Å²) in [5.41, 5.74) is 2.46. The zero-order valence-corrected chi connectivity index (χ0v) is 18.2. The lowest BCUT2D eigenvalue weighted by Gasteiger charge is -2.15. The lowest BCUT2D eigenvalue weighted by Crippen LogP contribution is -2.04. The highest BCUT2D eigenvalue weighted by Gasteiger charge is 2.22. The third kappa shape index (κ3) is 5.14. The van der Waals surface area contributed by atoms with Crippen LogP contribution in [-0.2, 0) is 6.42 Å². The maximum atomic E-state index is 12.9. The van der Waals surface area contributed by atoms with E-state index in [2.05, 4.69) is 0 Å². The largest absolute Gasteiger partial charge is 0.507 e. The zero-order chi connectivity index (χ0) is 22.3. The Morgan fingerprint density at radius 1 is 0.900 bits per heavy atom. The highest BCUT2D eigenvalue weighted by molar-refractivity contribution is 6.11. The number of phenols is 1. The van der Waals surface area contributed by atoms with E-state index in [1.54, 1.807) is 44.6 Å². The summed E-state index contributed by atoms with van der Waals surface area (Å²) in [4.78, 5) is 12.9. The number of allylic oxidation sites excluding steroid dienone is 3. The van der Waals surface area contributed by atoms with Gasteiger partial charge in [-0.15, -0.1) is 0 Å². The molecule has 0 amide bonds. The summed E-state index contributed by atoms with van der Waals surface area (Å²) in [6.45, 7) is 3.93. The molecule has 0 unspecified atom stereocenters. The van der Waals surface area contributed by atoms with Gasteiger partial charge >= 0.3 is 0 Å². The van der Waals surface area contributed by atoms with Gasteiger partial charge in [-0.3, -0.25) is 4.79 Å². The summed E-state index contributed by atoms with van der Waals surface area (Å²) < 4.78 is 21.2. The number of hydrogen-bond donors (Lipinski definition) is 1. The number of methoxy groups -OCH3 is 4. The van der Waals surface area contributed by atoms with E-state index in [0.717, 1.165) is 11.1 Å². The van der Waals surface area contributed by atoms with Gasteiger partial charge in [-0.2, -0.15) is 0 Å². The molecule has 0 aromatic heterocycles. The molecule has 6 nitrogen and oxygen atoms in total. The Balaban J connectivity index is 2.46. The van der Waals surface area contributed by atoms with Gasteiger partial charge in [0.05, 0.1) is 28.4 Å². The fourth-order valence-corrected chi connectivity index (χ4v) is 2.96. The van der Waals surface area contributed by atoms with Crippen LogP contribution in [0.1, 0.15) is 35.3 Å².